The molecule has 6 nitrogen and oxygen atoms in total. The van der Waals surface area contributed by atoms with E-state index in [9.17, 15) is 4.79 Å². The highest BCUT2D eigenvalue weighted by Crippen LogP contribution is 2.18. The van der Waals surface area contributed by atoms with E-state index in [2.05, 4.69) is 15.0 Å². The van der Waals surface area contributed by atoms with Crippen molar-refractivity contribution in [2.75, 3.05) is 19.0 Å². The number of aromatic nitrogens is 3. The highest BCUT2D eigenvalue weighted by molar-refractivity contribution is 7.99. The van der Waals surface area contributed by atoms with Gasteiger partial charge < -0.3 is 9.47 Å². The number of nitrogens with zero attached hydrogens (tertiary/aromatic N) is 3. The van der Waals surface area contributed by atoms with Crippen molar-refractivity contribution in [2.24, 2.45) is 0 Å². The van der Waals surface area contributed by atoms with E-state index >= 15 is 0 Å². The summed E-state index contributed by atoms with van der Waals surface area (Å²) in [4.78, 5) is 24.4. The van der Waals surface area contributed by atoms with E-state index in [0.717, 1.165) is 11.4 Å². The molecule has 1 saturated heterocycles. The van der Waals surface area contributed by atoms with E-state index in [0.29, 0.717) is 18.4 Å². The maximum atomic E-state index is 11.6. The molecule has 0 saturated carbocycles. The van der Waals surface area contributed by atoms with Gasteiger partial charge >= 0.3 is 5.97 Å². The Balaban J connectivity index is 1.59. The summed E-state index contributed by atoms with van der Waals surface area (Å²) in [5, 5.41) is 0.528. The Kier molecular flexibility index (Phi) is 4.42. The molecule has 0 aromatic carbocycles. The van der Waals surface area contributed by atoms with E-state index in [1.165, 1.54) is 11.8 Å². The fourth-order valence-electron chi connectivity index (χ4n) is 1.69. The van der Waals surface area contributed by atoms with Crippen LogP contribution in [0.2, 0.25) is 0 Å². The molecule has 0 bridgehead atoms. The minimum Gasteiger partial charge on any atom is -0.457 e. The first kappa shape index (κ1) is 14.0. The zero-order valence-electron chi connectivity index (χ0n) is 11.1. The van der Waals surface area contributed by atoms with Gasteiger partial charge in [-0.3, -0.25) is 9.78 Å². The Morgan fingerprint density at radius 2 is 2.14 bits per heavy atom. The van der Waals surface area contributed by atoms with Gasteiger partial charge in [0.15, 0.2) is 5.16 Å². The van der Waals surface area contributed by atoms with E-state index in [4.69, 9.17) is 9.47 Å². The molecule has 0 N–H and O–H groups in total. The van der Waals surface area contributed by atoms with E-state index in [1.807, 2.05) is 18.2 Å². The molecule has 0 unspecified atom stereocenters. The Morgan fingerprint density at radius 1 is 1.24 bits per heavy atom. The van der Waals surface area contributed by atoms with Crippen LogP contribution in [0.5, 0.6) is 0 Å². The second kappa shape index (κ2) is 6.64. The van der Waals surface area contributed by atoms with E-state index < -0.39 is 0 Å². The average molecular weight is 303 g/mol. The number of hydrogen-bond acceptors (Lipinski definition) is 7. The summed E-state index contributed by atoms with van der Waals surface area (Å²) in [6.07, 6.45) is 3.27. The van der Waals surface area contributed by atoms with Gasteiger partial charge in [0.05, 0.1) is 30.4 Å². The molecule has 7 heteroatoms. The van der Waals surface area contributed by atoms with Crippen LogP contribution in [-0.2, 0) is 14.3 Å². The maximum absolute atomic E-state index is 11.6. The molecule has 3 heterocycles. The van der Waals surface area contributed by atoms with Gasteiger partial charge in [-0.2, -0.15) is 0 Å². The van der Waals surface area contributed by atoms with Crippen LogP contribution in [0.1, 0.15) is 0 Å². The minimum absolute atomic E-state index is 0.0983. The van der Waals surface area contributed by atoms with Gasteiger partial charge in [-0.25, -0.2) is 9.97 Å². The van der Waals surface area contributed by atoms with Crippen molar-refractivity contribution < 1.29 is 14.3 Å². The largest absolute Gasteiger partial charge is 0.457 e. The summed E-state index contributed by atoms with van der Waals surface area (Å²) < 4.78 is 10.1. The lowest BCUT2D eigenvalue weighted by Crippen LogP contribution is -2.38. The van der Waals surface area contributed by atoms with Crippen molar-refractivity contribution in [3.63, 3.8) is 0 Å². The third-order valence-corrected chi connectivity index (χ3v) is 3.62. The molecule has 0 amide bonds. The number of esters is 1. The summed E-state index contributed by atoms with van der Waals surface area (Å²) in [6.45, 7) is 0.976. The van der Waals surface area contributed by atoms with Crippen molar-refractivity contribution in [1.29, 1.82) is 0 Å². The molecule has 3 rings (SSSR count). The van der Waals surface area contributed by atoms with Crippen LogP contribution in [0.4, 0.5) is 0 Å². The molecule has 2 aromatic rings. The fourth-order valence-corrected chi connectivity index (χ4v) is 2.31. The molecule has 1 aliphatic rings. The van der Waals surface area contributed by atoms with Crippen molar-refractivity contribution in [3.05, 3.63) is 36.7 Å². The number of pyridine rings is 1. The second-order valence-corrected chi connectivity index (χ2v) is 5.32. The number of hydrogen-bond donors (Lipinski definition) is 0. The number of ether oxygens (including phenoxy) is 2. The van der Waals surface area contributed by atoms with Crippen molar-refractivity contribution >= 4 is 17.7 Å². The topological polar surface area (TPSA) is 74.2 Å². The van der Waals surface area contributed by atoms with Crippen molar-refractivity contribution in [3.8, 4) is 11.4 Å². The lowest BCUT2D eigenvalue weighted by Gasteiger charge is -2.25. The summed E-state index contributed by atoms with van der Waals surface area (Å²) in [5.41, 5.74) is 1.50. The second-order valence-electron chi connectivity index (χ2n) is 4.38. The minimum atomic E-state index is -0.278. The molecule has 0 spiro atoms. The molecular weight excluding hydrogens is 290 g/mol. The van der Waals surface area contributed by atoms with Crippen molar-refractivity contribution in [1.82, 2.24) is 15.0 Å². The summed E-state index contributed by atoms with van der Waals surface area (Å²) in [7, 11) is 0. The van der Waals surface area contributed by atoms with Crippen LogP contribution in [0.3, 0.4) is 0 Å². The first-order valence-corrected chi connectivity index (χ1v) is 7.44. The molecule has 1 aliphatic heterocycles. The Labute approximate surface area is 125 Å². The zero-order chi connectivity index (χ0) is 14.5. The first-order valence-electron chi connectivity index (χ1n) is 6.46. The standard InChI is InChI=1S/C14H13N3O3S/c18-13(20-10-7-19-8-10)9-21-14-16-6-4-12(17-14)11-3-1-2-5-15-11/h1-6,10H,7-9H2. The number of thioether (sulfide) groups is 1. The lowest BCUT2D eigenvalue weighted by molar-refractivity contribution is -0.169. The monoisotopic (exact) mass is 303 g/mol. The van der Waals surface area contributed by atoms with Gasteiger partial charge in [0.1, 0.15) is 6.10 Å². The van der Waals surface area contributed by atoms with Gasteiger partial charge in [-0.1, -0.05) is 17.8 Å². The van der Waals surface area contributed by atoms with Gasteiger partial charge in [0.25, 0.3) is 0 Å². The summed E-state index contributed by atoms with van der Waals surface area (Å²) >= 11 is 1.25. The van der Waals surface area contributed by atoms with E-state index in [-0.39, 0.29) is 17.8 Å². The first-order chi connectivity index (χ1) is 10.3. The molecule has 21 heavy (non-hydrogen) atoms. The molecule has 0 atom stereocenters. The highest BCUT2D eigenvalue weighted by Gasteiger charge is 2.22. The van der Waals surface area contributed by atoms with Gasteiger partial charge in [-0.05, 0) is 18.2 Å². The predicted octanol–water partition coefficient (Wildman–Crippen LogP) is 1.57. The lowest BCUT2D eigenvalue weighted by atomic mass is 10.3. The zero-order valence-corrected chi connectivity index (χ0v) is 12.0. The Hall–Kier alpha value is -1.99. The smallest absolute Gasteiger partial charge is 0.316 e. The predicted molar refractivity (Wildman–Crippen MR) is 76.7 cm³/mol. The number of rotatable bonds is 5. The normalized spacial score (nSPS) is 14.5. The summed E-state index contributed by atoms with van der Waals surface area (Å²) in [6, 6.07) is 7.41. The van der Waals surface area contributed by atoms with Crippen LogP contribution >= 0.6 is 11.8 Å². The van der Waals surface area contributed by atoms with Crippen LogP contribution < -0.4 is 0 Å². The van der Waals surface area contributed by atoms with Gasteiger partial charge in [-0.15, -0.1) is 0 Å². The maximum Gasteiger partial charge on any atom is 0.316 e. The van der Waals surface area contributed by atoms with Gasteiger partial charge in [0.2, 0.25) is 0 Å². The number of carbonyl (C=O) groups excluding carboxylic acids is 1. The third kappa shape index (κ3) is 3.77. The third-order valence-electron chi connectivity index (χ3n) is 2.79. The Morgan fingerprint density at radius 3 is 2.86 bits per heavy atom. The SMILES string of the molecule is O=C(CSc1nccc(-c2ccccn2)n1)OC1COC1. The van der Waals surface area contributed by atoms with Crippen LogP contribution in [0, 0.1) is 0 Å². The van der Waals surface area contributed by atoms with Crippen LogP contribution in [0.15, 0.2) is 41.8 Å². The highest BCUT2D eigenvalue weighted by atomic mass is 32.2. The van der Waals surface area contributed by atoms with E-state index in [1.54, 1.807) is 18.5 Å². The van der Waals surface area contributed by atoms with Crippen LogP contribution in [-0.4, -0.2) is 46.0 Å². The molecule has 0 aliphatic carbocycles. The molecule has 108 valence electrons. The summed E-state index contributed by atoms with van der Waals surface area (Å²) in [5.74, 6) is -0.0949. The molecular formula is C14H13N3O3S. The van der Waals surface area contributed by atoms with Crippen LogP contribution in [0.25, 0.3) is 11.4 Å². The molecule has 2 aromatic heterocycles. The van der Waals surface area contributed by atoms with Gasteiger partial charge in [0, 0.05) is 12.4 Å². The van der Waals surface area contributed by atoms with Crippen molar-refractivity contribution in [2.45, 2.75) is 11.3 Å². The average Bonchev–Trinajstić information content (AvgIpc) is 2.50. The Bertz CT molecular complexity index is 620. The molecule has 0 radical (unpaired) electrons. The quantitative estimate of drug-likeness (QED) is 0.471. The number of carbonyl (C=O) groups is 1. The fraction of sp³-hybridized carbons (Fsp3) is 0.286. The molecule has 1 fully saturated rings.